The summed E-state index contributed by atoms with van der Waals surface area (Å²) < 4.78 is 12.8. The largest absolute Gasteiger partial charge is 0.323 e. The summed E-state index contributed by atoms with van der Waals surface area (Å²) in [6.45, 7) is 5.59. The minimum absolute atomic E-state index is 0.152. The molecule has 0 spiro atoms. The van der Waals surface area contributed by atoms with Gasteiger partial charge in [0.1, 0.15) is 5.82 Å². The first-order valence-electron chi connectivity index (χ1n) is 5.23. The molecule has 0 aliphatic carbocycles. The van der Waals surface area contributed by atoms with Gasteiger partial charge in [-0.15, -0.1) is 0 Å². The molecule has 0 aromatic heterocycles. The van der Waals surface area contributed by atoms with E-state index in [4.69, 9.17) is 17.3 Å². The molecule has 0 unspecified atom stereocenters. The van der Waals surface area contributed by atoms with Gasteiger partial charge in [-0.1, -0.05) is 32.4 Å². The van der Waals surface area contributed by atoms with E-state index in [0.717, 1.165) is 6.07 Å². The first-order chi connectivity index (χ1) is 7.71. The van der Waals surface area contributed by atoms with Gasteiger partial charge < -0.3 is 11.1 Å². The number of benzene rings is 1. The number of nitrogens with one attached hydrogen (secondary N) is 1. The molecule has 0 aliphatic heterocycles. The van der Waals surface area contributed by atoms with Crippen molar-refractivity contribution in [3.05, 3.63) is 29.0 Å². The third kappa shape index (κ3) is 3.68. The molecule has 3 N–H and O–H groups in total. The smallest absolute Gasteiger partial charge is 0.241 e. The normalized spacial score (nSPS) is 13.3. The van der Waals surface area contributed by atoms with E-state index in [-0.39, 0.29) is 16.3 Å². The highest BCUT2D eigenvalue weighted by Crippen LogP contribution is 2.24. The van der Waals surface area contributed by atoms with Crippen LogP contribution in [0.4, 0.5) is 10.1 Å². The van der Waals surface area contributed by atoms with Crippen molar-refractivity contribution in [1.29, 1.82) is 0 Å². The van der Waals surface area contributed by atoms with E-state index in [1.807, 2.05) is 20.8 Å². The quantitative estimate of drug-likeness (QED) is 0.857. The van der Waals surface area contributed by atoms with Gasteiger partial charge in [-0.3, -0.25) is 4.79 Å². The molecule has 5 heteroatoms. The Morgan fingerprint density at radius 3 is 2.53 bits per heavy atom. The average molecular weight is 259 g/mol. The first-order valence-corrected chi connectivity index (χ1v) is 5.61. The maximum Gasteiger partial charge on any atom is 0.241 e. The van der Waals surface area contributed by atoms with Crippen LogP contribution in [0.15, 0.2) is 18.2 Å². The van der Waals surface area contributed by atoms with Crippen LogP contribution < -0.4 is 11.1 Å². The number of hydrogen-bond acceptors (Lipinski definition) is 2. The van der Waals surface area contributed by atoms with Crippen molar-refractivity contribution in [3.8, 4) is 0 Å². The molecule has 0 bridgehead atoms. The van der Waals surface area contributed by atoms with Crippen LogP contribution in [0.2, 0.25) is 5.02 Å². The molecule has 1 atom stereocenters. The first kappa shape index (κ1) is 13.9. The molecule has 0 heterocycles. The summed E-state index contributed by atoms with van der Waals surface area (Å²) in [4.78, 5) is 11.8. The van der Waals surface area contributed by atoms with Crippen LogP contribution in [0.5, 0.6) is 0 Å². The number of rotatable bonds is 2. The number of hydrogen-bond donors (Lipinski definition) is 2. The van der Waals surface area contributed by atoms with Crippen LogP contribution in [0, 0.1) is 11.2 Å². The van der Waals surface area contributed by atoms with Crippen molar-refractivity contribution in [1.82, 2.24) is 0 Å². The van der Waals surface area contributed by atoms with Crippen molar-refractivity contribution in [2.75, 3.05) is 5.32 Å². The second-order valence-corrected chi connectivity index (χ2v) is 5.36. The highest BCUT2D eigenvalue weighted by Gasteiger charge is 2.27. The van der Waals surface area contributed by atoms with Crippen LogP contribution in [0.25, 0.3) is 0 Å². The second-order valence-electron chi connectivity index (χ2n) is 4.96. The average Bonchev–Trinajstić information content (AvgIpc) is 2.19. The van der Waals surface area contributed by atoms with E-state index in [1.165, 1.54) is 12.1 Å². The van der Waals surface area contributed by atoms with Crippen LogP contribution in [-0.2, 0) is 4.79 Å². The predicted octanol–water partition coefficient (Wildman–Crippen LogP) is 2.79. The fraction of sp³-hybridized carbons (Fsp3) is 0.417. The third-order valence-corrected chi connectivity index (χ3v) is 2.72. The zero-order chi connectivity index (χ0) is 13.2. The zero-order valence-electron chi connectivity index (χ0n) is 10.1. The van der Waals surface area contributed by atoms with Crippen molar-refractivity contribution >= 4 is 23.2 Å². The van der Waals surface area contributed by atoms with E-state index in [1.54, 1.807) is 0 Å². The van der Waals surface area contributed by atoms with Crippen molar-refractivity contribution in [2.45, 2.75) is 26.8 Å². The second kappa shape index (κ2) is 5.02. The molecule has 1 rings (SSSR count). The maximum absolute atomic E-state index is 12.8. The van der Waals surface area contributed by atoms with Gasteiger partial charge in [0.05, 0.1) is 16.8 Å². The lowest BCUT2D eigenvalue weighted by Crippen LogP contribution is -2.45. The summed E-state index contributed by atoms with van der Waals surface area (Å²) in [5.41, 5.74) is 5.80. The minimum Gasteiger partial charge on any atom is -0.323 e. The summed E-state index contributed by atoms with van der Waals surface area (Å²) in [7, 11) is 0. The van der Waals surface area contributed by atoms with Crippen LogP contribution in [-0.4, -0.2) is 11.9 Å². The number of amides is 1. The topological polar surface area (TPSA) is 55.1 Å². The summed E-state index contributed by atoms with van der Waals surface area (Å²) >= 11 is 5.80. The molecule has 1 aromatic rings. The Balaban J connectivity index is 2.82. The van der Waals surface area contributed by atoms with E-state index in [9.17, 15) is 9.18 Å². The van der Waals surface area contributed by atoms with Crippen molar-refractivity contribution in [2.24, 2.45) is 11.1 Å². The van der Waals surface area contributed by atoms with Crippen LogP contribution >= 0.6 is 11.6 Å². The molecule has 0 fully saturated rings. The van der Waals surface area contributed by atoms with Gasteiger partial charge in [-0.25, -0.2) is 4.39 Å². The molecule has 0 saturated heterocycles. The van der Waals surface area contributed by atoms with Crippen molar-refractivity contribution in [3.63, 3.8) is 0 Å². The van der Waals surface area contributed by atoms with E-state index in [2.05, 4.69) is 5.32 Å². The fourth-order valence-electron chi connectivity index (χ4n) is 1.19. The molecular weight excluding hydrogens is 243 g/mol. The van der Waals surface area contributed by atoms with Gasteiger partial charge in [-0.2, -0.15) is 0 Å². The van der Waals surface area contributed by atoms with Crippen molar-refractivity contribution < 1.29 is 9.18 Å². The Bertz CT molecular complexity index is 429. The summed E-state index contributed by atoms with van der Waals surface area (Å²) in [6, 6.07) is 3.11. The van der Waals surface area contributed by atoms with Crippen LogP contribution in [0.3, 0.4) is 0 Å². The number of anilines is 1. The van der Waals surface area contributed by atoms with Gasteiger partial charge in [0.15, 0.2) is 0 Å². The Labute approximate surface area is 105 Å². The molecule has 3 nitrogen and oxygen atoms in total. The predicted molar refractivity (Wildman–Crippen MR) is 67.5 cm³/mol. The highest BCUT2D eigenvalue weighted by atomic mass is 35.5. The molecule has 0 saturated carbocycles. The summed E-state index contributed by atoms with van der Waals surface area (Å²) in [6.07, 6.45) is 0. The van der Waals surface area contributed by atoms with E-state index in [0.29, 0.717) is 5.69 Å². The Morgan fingerprint density at radius 2 is 2.06 bits per heavy atom. The Kier molecular flexibility index (Phi) is 4.11. The third-order valence-electron chi connectivity index (χ3n) is 2.40. The van der Waals surface area contributed by atoms with Gasteiger partial charge >= 0.3 is 0 Å². The number of nitrogens with two attached hydrogens (primary N) is 1. The lowest BCUT2D eigenvalue weighted by Gasteiger charge is -2.25. The van der Waals surface area contributed by atoms with Gasteiger partial charge in [-0.05, 0) is 23.6 Å². The zero-order valence-corrected chi connectivity index (χ0v) is 10.8. The summed E-state index contributed by atoms with van der Waals surface area (Å²) in [5, 5.41) is 2.73. The molecular formula is C12H16ClFN2O. The number of carbonyl (C=O) groups excluding carboxylic acids is 1. The number of halogens is 2. The maximum atomic E-state index is 12.8. The lowest BCUT2D eigenvalue weighted by molar-refractivity contribution is -0.119. The van der Waals surface area contributed by atoms with E-state index < -0.39 is 11.9 Å². The monoisotopic (exact) mass is 258 g/mol. The molecule has 0 radical (unpaired) electrons. The molecule has 17 heavy (non-hydrogen) atoms. The fourth-order valence-corrected chi connectivity index (χ4v) is 1.41. The molecule has 0 aliphatic rings. The SMILES string of the molecule is CC(C)(C)[C@@H](N)C(=O)Nc1ccc(F)cc1Cl. The van der Waals surface area contributed by atoms with Gasteiger partial charge in [0, 0.05) is 0 Å². The Hall–Kier alpha value is -1.13. The molecule has 94 valence electrons. The van der Waals surface area contributed by atoms with Crippen LogP contribution in [0.1, 0.15) is 20.8 Å². The number of carbonyl (C=O) groups is 1. The standard InChI is InChI=1S/C12H16ClFN2O/c1-12(2,3)10(15)11(17)16-9-5-4-7(14)6-8(9)13/h4-6,10H,15H2,1-3H3,(H,16,17)/t10-/m0/s1. The van der Waals surface area contributed by atoms with Gasteiger partial charge in [0.2, 0.25) is 5.91 Å². The molecule has 1 aromatic carbocycles. The Morgan fingerprint density at radius 1 is 1.47 bits per heavy atom. The highest BCUT2D eigenvalue weighted by molar-refractivity contribution is 6.33. The lowest BCUT2D eigenvalue weighted by atomic mass is 9.87. The minimum atomic E-state index is -0.663. The molecule has 1 amide bonds. The summed E-state index contributed by atoms with van der Waals surface area (Å²) in [5.74, 6) is -0.792. The van der Waals surface area contributed by atoms with E-state index >= 15 is 0 Å². The van der Waals surface area contributed by atoms with Gasteiger partial charge in [0.25, 0.3) is 0 Å².